The average Bonchev–Trinajstić information content (AvgIpc) is 2.16. The smallest absolute Gasteiger partial charge is 0.227 e. The lowest BCUT2D eigenvalue weighted by atomic mass is 10.1. The largest absolute Gasteiger partial charge is 0.393 e. The van der Waals surface area contributed by atoms with Gasteiger partial charge < -0.3 is 11.1 Å². The lowest BCUT2D eigenvalue weighted by Crippen LogP contribution is -2.29. The van der Waals surface area contributed by atoms with Gasteiger partial charge in [-0.2, -0.15) is 0 Å². The molecule has 0 aliphatic heterocycles. The maximum atomic E-state index is 11.4. The van der Waals surface area contributed by atoms with E-state index in [0.29, 0.717) is 5.02 Å². The van der Waals surface area contributed by atoms with Gasteiger partial charge in [0.15, 0.2) is 0 Å². The van der Waals surface area contributed by atoms with Gasteiger partial charge in [-0.3, -0.25) is 4.79 Å². The zero-order valence-electron chi connectivity index (χ0n) is 8.87. The first kappa shape index (κ1) is 12.9. The minimum atomic E-state index is -0.171. The standard InChI is InChI=1S/C11H13ClN2OS/c1-7(14-11(15)6-10(13)16)8-2-4-9(12)5-3-8/h2-5,7H,6H2,1H3,(H2,13,16)(H,14,15). The fraction of sp³-hybridized carbons (Fsp3) is 0.273. The molecule has 1 amide bonds. The Morgan fingerprint density at radius 3 is 2.56 bits per heavy atom. The molecular weight excluding hydrogens is 244 g/mol. The van der Waals surface area contributed by atoms with Gasteiger partial charge in [0, 0.05) is 5.02 Å². The van der Waals surface area contributed by atoms with E-state index in [2.05, 4.69) is 17.5 Å². The van der Waals surface area contributed by atoms with Gasteiger partial charge in [0.2, 0.25) is 5.91 Å². The van der Waals surface area contributed by atoms with Gasteiger partial charge in [0.25, 0.3) is 0 Å². The minimum Gasteiger partial charge on any atom is -0.393 e. The van der Waals surface area contributed by atoms with Crippen molar-refractivity contribution in [3.63, 3.8) is 0 Å². The molecule has 0 saturated heterocycles. The highest BCUT2D eigenvalue weighted by molar-refractivity contribution is 7.80. The molecule has 1 rings (SSSR count). The predicted molar refractivity (Wildman–Crippen MR) is 69.4 cm³/mol. The highest BCUT2D eigenvalue weighted by Gasteiger charge is 2.09. The number of hydrogen-bond acceptors (Lipinski definition) is 2. The van der Waals surface area contributed by atoms with Crippen molar-refractivity contribution in [2.24, 2.45) is 5.73 Å². The van der Waals surface area contributed by atoms with Crippen LogP contribution in [-0.4, -0.2) is 10.9 Å². The van der Waals surface area contributed by atoms with Crippen molar-refractivity contribution < 1.29 is 4.79 Å². The lowest BCUT2D eigenvalue weighted by Gasteiger charge is -2.14. The number of halogens is 1. The molecule has 0 heterocycles. The number of nitrogens with two attached hydrogens (primary N) is 1. The Balaban J connectivity index is 2.58. The van der Waals surface area contributed by atoms with E-state index < -0.39 is 0 Å². The molecule has 0 saturated carbocycles. The second-order valence-corrected chi connectivity index (χ2v) is 4.44. The molecule has 0 fully saturated rings. The summed E-state index contributed by atoms with van der Waals surface area (Å²) in [7, 11) is 0. The van der Waals surface area contributed by atoms with Gasteiger partial charge in [-0.15, -0.1) is 0 Å². The van der Waals surface area contributed by atoms with Crippen molar-refractivity contribution >= 4 is 34.7 Å². The number of thiocarbonyl (C=S) groups is 1. The van der Waals surface area contributed by atoms with Crippen molar-refractivity contribution in [1.82, 2.24) is 5.32 Å². The maximum Gasteiger partial charge on any atom is 0.227 e. The van der Waals surface area contributed by atoms with Crippen LogP contribution in [0, 0.1) is 0 Å². The van der Waals surface area contributed by atoms with Gasteiger partial charge in [0.05, 0.1) is 17.5 Å². The Bertz CT molecular complexity index is 391. The first-order valence-corrected chi connectivity index (χ1v) is 5.61. The average molecular weight is 257 g/mol. The van der Waals surface area contributed by atoms with Crippen LogP contribution in [0.2, 0.25) is 5.02 Å². The molecule has 1 atom stereocenters. The summed E-state index contributed by atoms with van der Waals surface area (Å²) in [6, 6.07) is 7.22. The molecule has 0 aromatic heterocycles. The van der Waals surface area contributed by atoms with Gasteiger partial charge in [0.1, 0.15) is 0 Å². The number of nitrogens with one attached hydrogen (secondary N) is 1. The van der Waals surface area contributed by atoms with Gasteiger partial charge in [-0.25, -0.2) is 0 Å². The van der Waals surface area contributed by atoms with E-state index >= 15 is 0 Å². The van der Waals surface area contributed by atoms with Crippen LogP contribution in [0.3, 0.4) is 0 Å². The number of carbonyl (C=O) groups is 1. The van der Waals surface area contributed by atoms with Crippen molar-refractivity contribution in [1.29, 1.82) is 0 Å². The molecule has 1 unspecified atom stereocenters. The molecule has 5 heteroatoms. The minimum absolute atomic E-state index is 0.0766. The second kappa shape index (κ2) is 5.82. The zero-order chi connectivity index (χ0) is 12.1. The fourth-order valence-electron chi connectivity index (χ4n) is 1.29. The monoisotopic (exact) mass is 256 g/mol. The summed E-state index contributed by atoms with van der Waals surface area (Å²) in [5.74, 6) is -0.171. The molecule has 0 radical (unpaired) electrons. The van der Waals surface area contributed by atoms with Crippen LogP contribution in [0.15, 0.2) is 24.3 Å². The van der Waals surface area contributed by atoms with Crippen LogP contribution in [0.4, 0.5) is 0 Å². The predicted octanol–water partition coefficient (Wildman–Crippen LogP) is 2.19. The molecular formula is C11H13ClN2OS. The molecule has 3 nitrogen and oxygen atoms in total. The summed E-state index contributed by atoms with van der Waals surface area (Å²) in [6.07, 6.45) is 0.0766. The van der Waals surface area contributed by atoms with Crippen LogP contribution in [0.1, 0.15) is 24.9 Å². The summed E-state index contributed by atoms with van der Waals surface area (Å²) in [4.78, 5) is 11.6. The third kappa shape index (κ3) is 4.16. The van der Waals surface area contributed by atoms with Crippen molar-refractivity contribution in [3.05, 3.63) is 34.9 Å². The normalized spacial score (nSPS) is 11.9. The van der Waals surface area contributed by atoms with Crippen LogP contribution < -0.4 is 11.1 Å². The molecule has 0 spiro atoms. The van der Waals surface area contributed by atoms with Crippen LogP contribution in [0.5, 0.6) is 0 Å². The van der Waals surface area contributed by atoms with Crippen molar-refractivity contribution in [2.45, 2.75) is 19.4 Å². The number of benzene rings is 1. The highest BCUT2D eigenvalue weighted by atomic mass is 35.5. The molecule has 0 bridgehead atoms. The highest BCUT2D eigenvalue weighted by Crippen LogP contribution is 2.15. The van der Waals surface area contributed by atoms with Crippen LogP contribution in [-0.2, 0) is 4.79 Å². The Kier molecular flexibility index (Phi) is 4.71. The first-order valence-electron chi connectivity index (χ1n) is 4.82. The Morgan fingerprint density at radius 2 is 2.06 bits per heavy atom. The lowest BCUT2D eigenvalue weighted by molar-refractivity contribution is -0.120. The molecule has 1 aromatic carbocycles. The number of hydrogen-bond donors (Lipinski definition) is 2. The number of amides is 1. The van der Waals surface area contributed by atoms with E-state index in [4.69, 9.17) is 17.3 Å². The Morgan fingerprint density at radius 1 is 1.50 bits per heavy atom. The summed E-state index contributed by atoms with van der Waals surface area (Å²) in [5.41, 5.74) is 6.27. The summed E-state index contributed by atoms with van der Waals surface area (Å²) >= 11 is 10.4. The van der Waals surface area contributed by atoms with Gasteiger partial charge >= 0.3 is 0 Å². The van der Waals surface area contributed by atoms with Gasteiger partial charge in [-0.1, -0.05) is 36.0 Å². The molecule has 0 aliphatic carbocycles. The van der Waals surface area contributed by atoms with E-state index in [-0.39, 0.29) is 23.4 Å². The maximum absolute atomic E-state index is 11.4. The molecule has 16 heavy (non-hydrogen) atoms. The molecule has 0 aliphatic rings. The SMILES string of the molecule is CC(NC(=O)CC(N)=S)c1ccc(Cl)cc1. The van der Waals surface area contributed by atoms with E-state index in [1.807, 2.05) is 19.1 Å². The Hall–Kier alpha value is -1.13. The second-order valence-electron chi connectivity index (χ2n) is 3.48. The fourth-order valence-corrected chi connectivity index (χ4v) is 1.54. The third-order valence-corrected chi connectivity index (χ3v) is 2.48. The summed E-state index contributed by atoms with van der Waals surface area (Å²) in [5, 5.41) is 3.47. The third-order valence-electron chi connectivity index (χ3n) is 2.08. The van der Waals surface area contributed by atoms with Crippen molar-refractivity contribution in [3.8, 4) is 0 Å². The van der Waals surface area contributed by atoms with Gasteiger partial charge in [-0.05, 0) is 24.6 Å². The molecule has 3 N–H and O–H groups in total. The van der Waals surface area contributed by atoms with Crippen molar-refractivity contribution in [2.75, 3.05) is 0 Å². The number of rotatable bonds is 4. The summed E-state index contributed by atoms with van der Waals surface area (Å²) in [6.45, 7) is 1.89. The van der Waals surface area contributed by atoms with E-state index in [9.17, 15) is 4.79 Å². The summed E-state index contributed by atoms with van der Waals surface area (Å²) < 4.78 is 0. The van der Waals surface area contributed by atoms with Crippen LogP contribution >= 0.6 is 23.8 Å². The topological polar surface area (TPSA) is 55.1 Å². The zero-order valence-corrected chi connectivity index (χ0v) is 10.4. The van der Waals surface area contributed by atoms with E-state index in [0.717, 1.165) is 5.56 Å². The quantitative estimate of drug-likeness (QED) is 0.812. The van der Waals surface area contributed by atoms with Crippen LogP contribution in [0.25, 0.3) is 0 Å². The molecule has 1 aromatic rings. The molecule has 86 valence electrons. The number of carbonyl (C=O) groups excluding carboxylic acids is 1. The first-order chi connectivity index (χ1) is 7.49. The Labute approximate surface area is 105 Å². The van der Waals surface area contributed by atoms with E-state index in [1.54, 1.807) is 12.1 Å². The van der Waals surface area contributed by atoms with E-state index in [1.165, 1.54) is 0 Å².